The molecule has 0 amide bonds. The van der Waals surface area contributed by atoms with Crippen LogP contribution in [0.2, 0.25) is 10.3 Å². The SMILES string of the molecule is CCc1ccc(-c2nc(Cl)c(I)c(Cl)n2)s1. The van der Waals surface area contributed by atoms with Gasteiger partial charge in [-0.1, -0.05) is 30.1 Å². The van der Waals surface area contributed by atoms with Gasteiger partial charge in [-0.05, 0) is 41.1 Å². The summed E-state index contributed by atoms with van der Waals surface area (Å²) in [6.07, 6.45) is 1.01. The smallest absolute Gasteiger partial charge is 0.172 e. The number of nitrogens with zero attached hydrogens (tertiary/aromatic N) is 2. The largest absolute Gasteiger partial charge is 0.214 e. The van der Waals surface area contributed by atoms with Crippen molar-refractivity contribution in [3.8, 4) is 10.7 Å². The molecule has 0 aliphatic heterocycles. The van der Waals surface area contributed by atoms with Crippen molar-refractivity contribution in [2.75, 3.05) is 0 Å². The Labute approximate surface area is 121 Å². The highest BCUT2D eigenvalue weighted by atomic mass is 127. The van der Waals surface area contributed by atoms with Crippen molar-refractivity contribution in [3.63, 3.8) is 0 Å². The van der Waals surface area contributed by atoms with E-state index in [2.05, 4.69) is 23.0 Å². The van der Waals surface area contributed by atoms with Gasteiger partial charge in [0.25, 0.3) is 0 Å². The fraction of sp³-hybridized carbons (Fsp3) is 0.200. The molecule has 84 valence electrons. The molecular formula is C10H7Cl2IN2S. The second-order valence-electron chi connectivity index (χ2n) is 3.06. The summed E-state index contributed by atoms with van der Waals surface area (Å²) in [4.78, 5) is 10.7. The number of thiophene rings is 1. The molecule has 2 aromatic rings. The first kappa shape index (κ1) is 12.5. The Morgan fingerprint density at radius 2 is 1.88 bits per heavy atom. The molecule has 0 aromatic carbocycles. The first-order chi connectivity index (χ1) is 7.61. The topological polar surface area (TPSA) is 25.8 Å². The second kappa shape index (κ2) is 5.16. The zero-order valence-corrected chi connectivity index (χ0v) is 12.8. The lowest BCUT2D eigenvalue weighted by Gasteiger charge is -2.01. The van der Waals surface area contributed by atoms with Crippen LogP contribution in [0.5, 0.6) is 0 Å². The average Bonchev–Trinajstić information content (AvgIpc) is 2.73. The Bertz CT molecular complexity index is 504. The molecule has 2 nitrogen and oxygen atoms in total. The van der Waals surface area contributed by atoms with Gasteiger partial charge in [-0.25, -0.2) is 9.97 Å². The van der Waals surface area contributed by atoms with Crippen LogP contribution in [0.1, 0.15) is 11.8 Å². The van der Waals surface area contributed by atoms with E-state index >= 15 is 0 Å². The van der Waals surface area contributed by atoms with E-state index in [1.807, 2.05) is 28.7 Å². The zero-order valence-electron chi connectivity index (χ0n) is 8.30. The molecule has 0 spiro atoms. The van der Waals surface area contributed by atoms with Gasteiger partial charge in [0.15, 0.2) is 5.82 Å². The van der Waals surface area contributed by atoms with Gasteiger partial charge in [0, 0.05) is 4.88 Å². The van der Waals surface area contributed by atoms with Gasteiger partial charge in [-0.3, -0.25) is 0 Å². The Hall–Kier alpha value is 0.0900. The number of aryl methyl sites for hydroxylation is 1. The molecule has 0 N–H and O–H groups in total. The minimum absolute atomic E-state index is 0.405. The molecular weight excluding hydrogens is 378 g/mol. The monoisotopic (exact) mass is 384 g/mol. The van der Waals surface area contributed by atoms with Gasteiger partial charge in [0.05, 0.1) is 8.45 Å². The van der Waals surface area contributed by atoms with Crippen LogP contribution in [-0.4, -0.2) is 9.97 Å². The van der Waals surface area contributed by atoms with Crippen molar-refractivity contribution in [1.29, 1.82) is 0 Å². The van der Waals surface area contributed by atoms with E-state index in [-0.39, 0.29) is 0 Å². The summed E-state index contributed by atoms with van der Waals surface area (Å²) in [5.74, 6) is 0.597. The number of rotatable bonds is 2. The predicted octanol–water partition coefficient (Wildman–Crippen LogP) is 4.68. The third kappa shape index (κ3) is 2.50. The molecule has 0 saturated carbocycles. The van der Waals surface area contributed by atoms with Crippen LogP contribution in [0.4, 0.5) is 0 Å². The van der Waals surface area contributed by atoms with Gasteiger partial charge in [0.1, 0.15) is 10.3 Å². The standard InChI is InChI=1S/C10H7Cl2IN2S/c1-2-5-3-4-6(16-5)10-14-8(11)7(13)9(12)15-10/h3-4H,2H2,1H3. The average molecular weight is 385 g/mol. The van der Waals surface area contributed by atoms with Crippen LogP contribution in [0.25, 0.3) is 10.7 Å². The van der Waals surface area contributed by atoms with E-state index in [9.17, 15) is 0 Å². The fourth-order valence-electron chi connectivity index (χ4n) is 1.19. The van der Waals surface area contributed by atoms with Crippen LogP contribution in [-0.2, 0) is 6.42 Å². The highest BCUT2D eigenvalue weighted by Gasteiger charge is 2.11. The molecule has 16 heavy (non-hydrogen) atoms. The summed E-state index contributed by atoms with van der Waals surface area (Å²) in [6.45, 7) is 2.12. The molecule has 0 unspecified atom stereocenters. The molecule has 2 heterocycles. The van der Waals surface area contributed by atoms with Gasteiger partial charge in [0.2, 0.25) is 0 Å². The third-order valence-electron chi connectivity index (χ3n) is 2.00. The van der Waals surface area contributed by atoms with E-state index < -0.39 is 0 Å². The van der Waals surface area contributed by atoms with Crippen LogP contribution < -0.4 is 0 Å². The molecule has 2 rings (SSSR count). The lowest BCUT2D eigenvalue weighted by Crippen LogP contribution is -1.92. The maximum absolute atomic E-state index is 5.97. The summed E-state index contributed by atoms with van der Waals surface area (Å²) < 4.78 is 0.692. The summed E-state index contributed by atoms with van der Waals surface area (Å²) in [7, 11) is 0. The number of halogens is 3. The van der Waals surface area contributed by atoms with Crippen molar-refractivity contribution < 1.29 is 0 Å². The highest BCUT2D eigenvalue weighted by molar-refractivity contribution is 14.1. The third-order valence-corrected chi connectivity index (χ3v) is 5.43. The molecule has 0 bridgehead atoms. The normalized spacial score (nSPS) is 10.8. The molecule has 0 aliphatic rings. The quantitative estimate of drug-likeness (QED) is 0.555. The van der Waals surface area contributed by atoms with Crippen molar-refractivity contribution in [2.45, 2.75) is 13.3 Å². The fourth-order valence-corrected chi connectivity index (χ4v) is 2.70. The Kier molecular flexibility index (Phi) is 4.05. The van der Waals surface area contributed by atoms with Crippen LogP contribution in [0.15, 0.2) is 12.1 Å². The van der Waals surface area contributed by atoms with E-state index in [1.54, 1.807) is 11.3 Å². The van der Waals surface area contributed by atoms with Crippen molar-refractivity contribution in [1.82, 2.24) is 9.97 Å². The van der Waals surface area contributed by atoms with Crippen molar-refractivity contribution in [2.24, 2.45) is 0 Å². The zero-order chi connectivity index (χ0) is 11.7. The predicted molar refractivity (Wildman–Crippen MR) is 77.5 cm³/mol. The van der Waals surface area contributed by atoms with Crippen molar-refractivity contribution in [3.05, 3.63) is 30.9 Å². The van der Waals surface area contributed by atoms with Gasteiger partial charge in [-0.15, -0.1) is 11.3 Å². The Morgan fingerprint density at radius 1 is 1.25 bits per heavy atom. The molecule has 0 fully saturated rings. The number of hydrogen-bond acceptors (Lipinski definition) is 3. The molecule has 6 heteroatoms. The van der Waals surface area contributed by atoms with E-state index in [0.29, 0.717) is 19.7 Å². The maximum Gasteiger partial charge on any atom is 0.172 e. The summed E-state index contributed by atoms with van der Waals surface area (Å²) in [5, 5.41) is 0.809. The van der Waals surface area contributed by atoms with E-state index in [0.717, 1.165) is 11.3 Å². The lowest BCUT2D eigenvalue weighted by atomic mass is 10.3. The first-order valence-electron chi connectivity index (χ1n) is 4.59. The maximum atomic E-state index is 5.97. The van der Waals surface area contributed by atoms with Crippen LogP contribution in [0, 0.1) is 3.57 Å². The number of aromatic nitrogens is 2. The van der Waals surface area contributed by atoms with Gasteiger partial charge in [-0.2, -0.15) is 0 Å². The summed E-state index contributed by atoms with van der Waals surface area (Å²) >= 11 is 15.6. The van der Waals surface area contributed by atoms with Crippen LogP contribution >= 0.6 is 57.1 Å². The summed E-state index contributed by atoms with van der Waals surface area (Å²) in [6, 6.07) is 4.07. The van der Waals surface area contributed by atoms with Gasteiger partial charge >= 0.3 is 0 Å². The Morgan fingerprint density at radius 3 is 2.38 bits per heavy atom. The van der Waals surface area contributed by atoms with E-state index in [4.69, 9.17) is 23.2 Å². The lowest BCUT2D eigenvalue weighted by molar-refractivity contribution is 1.17. The minimum Gasteiger partial charge on any atom is -0.214 e. The molecule has 0 aliphatic carbocycles. The Balaban J connectivity index is 2.48. The van der Waals surface area contributed by atoms with Gasteiger partial charge < -0.3 is 0 Å². The summed E-state index contributed by atoms with van der Waals surface area (Å²) in [5.41, 5.74) is 0. The first-order valence-corrected chi connectivity index (χ1v) is 7.24. The minimum atomic E-state index is 0.405. The molecule has 0 atom stereocenters. The highest BCUT2D eigenvalue weighted by Crippen LogP contribution is 2.30. The van der Waals surface area contributed by atoms with E-state index in [1.165, 1.54) is 4.88 Å². The molecule has 0 radical (unpaired) electrons. The van der Waals surface area contributed by atoms with Crippen LogP contribution in [0.3, 0.4) is 0 Å². The second-order valence-corrected chi connectivity index (χ2v) is 6.03. The molecule has 2 aromatic heterocycles. The molecule has 0 saturated heterocycles. The van der Waals surface area contributed by atoms with Crippen molar-refractivity contribution >= 4 is 57.1 Å². The number of hydrogen-bond donors (Lipinski definition) is 0.